The van der Waals surface area contributed by atoms with E-state index < -0.39 is 0 Å². The molecule has 0 amide bonds. The molecular weight excluding hydrogens is 228 g/mol. The Balaban J connectivity index is 2.62. The van der Waals surface area contributed by atoms with Gasteiger partial charge in [0.05, 0.1) is 0 Å². The zero-order chi connectivity index (χ0) is 13.7. The number of hydrogen-bond donors (Lipinski definition) is 0. The molecule has 0 aliphatic rings. The van der Waals surface area contributed by atoms with E-state index in [9.17, 15) is 0 Å². The second-order valence-electron chi connectivity index (χ2n) is 4.98. The molecule has 1 unspecified atom stereocenters. The van der Waals surface area contributed by atoms with Gasteiger partial charge in [-0.25, -0.2) is 0 Å². The summed E-state index contributed by atoms with van der Waals surface area (Å²) in [4.78, 5) is 0. The van der Waals surface area contributed by atoms with E-state index in [-0.39, 0.29) is 5.41 Å². The molecule has 0 heteroatoms. The highest BCUT2D eigenvalue weighted by molar-refractivity contribution is 5.47. The van der Waals surface area contributed by atoms with Gasteiger partial charge in [0.25, 0.3) is 0 Å². The van der Waals surface area contributed by atoms with Gasteiger partial charge in [-0.1, -0.05) is 79.4 Å². The molecule has 0 aromatic heterocycles. The lowest BCUT2D eigenvalue weighted by atomic mass is 9.74. The Kier molecular flexibility index (Phi) is 4.01. The summed E-state index contributed by atoms with van der Waals surface area (Å²) in [5, 5.41) is 0. The highest BCUT2D eigenvalue weighted by Crippen LogP contribution is 2.35. The van der Waals surface area contributed by atoms with Gasteiger partial charge in [0, 0.05) is 5.41 Å². The molecule has 0 saturated carbocycles. The number of allylic oxidation sites excluding steroid dienone is 3. The van der Waals surface area contributed by atoms with E-state index >= 15 is 0 Å². The predicted molar refractivity (Wildman–Crippen MR) is 83.4 cm³/mol. The van der Waals surface area contributed by atoms with Gasteiger partial charge >= 0.3 is 0 Å². The molecule has 0 nitrogen and oxygen atoms in total. The number of rotatable bonds is 4. The van der Waals surface area contributed by atoms with Crippen LogP contribution in [0, 0.1) is 6.92 Å². The Hall–Kier alpha value is -2.08. The maximum absolute atomic E-state index is 3.79. The van der Waals surface area contributed by atoms with E-state index in [1.54, 1.807) is 0 Å². The Morgan fingerprint density at radius 2 is 1.58 bits per heavy atom. The number of benzene rings is 2. The van der Waals surface area contributed by atoms with Gasteiger partial charge < -0.3 is 0 Å². The molecule has 0 spiro atoms. The normalized spacial score (nSPS) is 14.2. The summed E-state index contributed by atoms with van der Waals surface area (Å²) in [6, 6.07) is 19.2. The van der Waals surface area contributed by atoms with Crippen molar-refractivity contribution in [3.8, 4) is 0 Å². The van der Waals surface area contributed by atoms with E-state index in [1.807, 2.05) is 12.2 Å². The van der Waals surface area contributed by atoms with Crippen LogP contribution in [0.15, 0.2) is 79.4 Å². The first-order chi connectivity index (χ1) is 9.18. The molecule has 1 atom stereocenters. The highest BCUT2D eigenvalue weighted by atomic mass is 14.3. The zero-order valence-corrected chi connectivity index (χ0v) is 11.6. The molecule has 0 heterocycles. The van der Waals surface area contributed by atoms with Crippen LogP contribution in [0.2, 0.25) is 0 Å². The summed E-state index contributed by atoms with van der Waals surface area (Å²) in [6.45, 7) is 8.21. The van der Waals surface area contributed by atoms with Crippen molar-refractivity contribution in [1.29, 1.82) is 0 Å². The van der Waals surface area contributed by atoms with Crippen molar-refractivity contribution in [2.75, 3.05) is 0 Å². The molecule has 0 aliphatic heterocycles. The number of aryl methyl sites for hydroxylation is 1. The quantitative estimate of drug-likeness (QED) is 0.665. The van der Waals surface area contributed by atoms with Gasteiger partial charge in [0.1, 0.15) is 0 Å². The smallest absolute Gasteiger partial charge is 0.0359 e. The summed E-state index contributed by atoms with van der Waals surface area (Å²) in [5.74, 6) is 0. The Morgan fingerprint density at radius 3 is 2.21 bits per heavy atom. The third kappa shape index (κ3) is 2.68. The summed E-state index contributed by atoms with van der Waals surface area (Å²) < 4.78 is 0. The molecule has 0 bridgehead atoms. The number of hydrogen-bond acceptors (Lipinski definition) is 0. The van der Waals surface area contributed by atoms with Crippen LogP contribution in [0.1, 0.15) is 23.6 Å². The Labute approximate surface area is 116 Å². The van der Waals surface area contributed by atoms with Gasteiger partial charge in [-0.05, 0) is 30.5 Å². The molecule has 96 valence electrons. The molecule has 2 aromatic carbocycles. The average molecular weight is 248 g/mol. The first-order valence-electron chi connectivity index (χ1n) is 6.60. The van der Waals surface area contributed by atoms with E-state index in [1.165, 1.54) is 16.7 Å². The zero-order valence-electron chi connectivity index (χ0n) is 11.6. The van der Waals surface area contributed by atoms with Crippen LogP contribution >= 0.6 is 0 Å². The van der Waals surface area contributed by atoms with Crippen molar-refractivity contribution in [3.63, 3.8) is 0 Å². The summed E-state index contributed by atoms with van der Waals surface area (Å²) >= 11 is 0. The second kappa shape index (κ2) is 5.71. The maximum atomic E-state index is 3.79. The lowest BCUT2D eigenvalue weighted by Gasteiger charge is -2.29. The van der Waals surface area contributed by atoms with Crippen molar-refractivity contribution in [2.24, 2.45) is 0 Å². The van der Waals surface area contributed by atoms with Gasteiger partial charge in [-0.3, -0.25) is 0 Å². The fourth-order valence-corrected chi connectivity index (χ4v) is 2.54. The second-order valence-corrected chi connectivity index (χ2v) is 4.98. The summed E-state index contributed by atoms with van der Waals surface area (Å²) in [6.07, 6.45) is 6.08. The first kappa shape index (κ1) is 13.4. The minimum absolute atomic E-state index is 0.124. The third-order valence-corrected chi connectivity index (χ3v) is 3.64. The standard InChI is InChI=1S/C19H20/c1-4-5-15-19(3,17-12-7-6-8-13-17)18-14-10-9-11-16(18)2/h4-15H,1H2,2-3H3/b15-5+. The molecule has 19 heavy (non-hydrogen) atoms. The largest absolute Gasteiger partial charge is 0.0991 e. The summed E-state index contributed by atoms with van der Waals surface area (Å²) in [7, 11) is 0. The Bertz CT molecular complexity index is 578. The average Bonchev–Trinajstić information content (AvgIpc) is 2.46. The van der Waals surface area contributed by atoms with E-state index in [2.05, 4.69) is 81.1 Å². The van der Waals surface area contributed by atoms with E-state index in [0.717, 1.165) is 0 Å². The van der Waals surface area contributed by atoms with Crippen LogP contribution in [0.25, 0.3) is 0 Å². The SMILES string of the molecule is C=C/C=C/C(C)(c1ccccc1)c1ccccc1C. The molecule has 0 aliphatic carbocycles. The molecule has 0 N–H and O–H groups in total. The van der Waals surface area contributed by atoms with E-state index in [4.69, 9.17) is 0 Å². The van der Waals surface area contributed by atoms with E-state index in [0.29, 0.717) is 0 Å². The molecular formula is C19H20. The monoisotopic (exact) mass is 248 g/mol. The van der Waals surface area contributed by atoms with Gasteiger partial charge in [0.2, 0.25) is 0 Å². The van der Waals surface area contributed by atoms with Crippen LogP contribution in [-0.2, 0) is 5.41 Å². The van der Waals surface area contributed by atoms with Crippen LogP contribution in [0.5, 0.6) is 0 Å². The molecule has 2 rings (SSSR count). The molecule has 0 saturated heterocycles. The van der Waals surface area contributed by atoms with Crippen molar-refractivity contribution in [3.05, 3.63) is 96.1 Å². The highest BCUT2D eigenvalue weighted by Gasteiger charge is 2.26. The molecule has 0 fully saturated rings. The Morgan fingerprint density at radius 1 is 0.947 bits per heavy atom. The fourth-order valence-electron chi connectivity index (χ4n) is 2.54. The van der Waals surface area contributed by atoms with Crippen molar-refractivity contribution >= 4 is 0 Å². The van der Waals surface area contributed by atoms with Crippen LogP contribution in [-0.4, -0.2) is 0 Å². The minimum atomic E-state index is -0.124. The topological polar surface area (TPSA) is 0 Å². The summed E-state index contributed by atoms with van der Waals surface area (Å²) in [5.41, 5.74) is 3.81. The van der Waals surface area contributed by atoms with Crippen molar-refractivity contribution in [1.82, 2.24) is 0 Å². The van der Waals surface area contributed by atoms with Crippen LogP contribution in [0.4, 0.5) is 0 Å². The van der Waals surface area contributed by atoms with Crippen molar-refractivity contribution in [2.45, 2.75) is 19.3 Å². The molecule has 0 radical (unpaired) electrons. The maximum Gasteiger partial charge on any atom is 0.0359 e. The lowest BCUT2D eigenvalue weighted by Crippen LogP contribution is -2.21. The fraction of sp³-hybridized carbons (Fsp3) is 0.158. The van der Waals surface area contributed by atoms with Crippen LogP contribution < -0.4 is 0 Å². The first-order valence-corrected chi connectivity index (χ1v) is 6.60. The van der Waals surface area contributed by atoms with Gasteiger partial charge in [0.15, 0.2) is 0 Å². The predicted octanol–water partition coefficient (Wildman–Crippen LogP) is 5.04. The van der Waals surface area contributed by atoms with Crippen molar-refractivity contribution < 1.29 is 0 Å². The lowest BCUT2D eigenvalue weighted by molar-refractivity contribution is 0.717. The van der Waals surface area contributed by atoms with Crippen LogP contribution in [0.3, 0.4) is 0 Å². The minimum Gasteiger partial charge on any atom is -0.0991 e. The van der Waals surface area contributed by atoms with Gasteiger partial charge in [-0.15, -0.1) is 0 Å². The van der Waals surface area contributed by atoms with Gasteiger partial charge in [-0.2, -0.15) is 0 Å². The molecule has 2 aromatic rings. The third-order valence-electron chi connectivity index (χ3n) is 3.64.